The Morgan fingerprint density at radius 2 is 1.84 bits per heavy atom. The van der Waals surface area contributed by atoms with E-state index < -0.39 is 0 Å². The first-order chi connectivity index (χ1) is 12.0. The number of carbonyl (C=O) groups is 2. The number of aryl methyl sites for hydroxylation is 2. The summed E-state index contributed by atoms with van der Waals surface area (Å²) >= 11 is 1.62. The highest BCUT2D eigenvalue weighted by Crippen LogP contribution is 2.14. The molecule has 0 unspecified atom stereocenters. The number of hydrogen-bond acceptors (Lipinski definition) is 4. The summed E-state index contributed by atoms with van der Waals surface area (Å²) in [6, 6.07) is 9.98. The Morgan fingerprint density at radius 1 is 1.08 bits per heavy atom. The van der Waals surface area contributed by atoms with Crippen LogP contribution in [-0.2, 0) is 11.2 Å². The summed E-state index contributed by atoms with van der Waals surface area (Å²) in [7, 11) is 0. The summed E-state index contributed by atoms with van der Waals surface area (Å²) in [5.74, 6) is 0.350. The molecular formula is C20H24N2O2S. The molecule has 1 aliphatic heterocycles. The summed E-state index contributed by atoms with van der Waals surface area (Å²) < 4.78 is 0. The molecule has 0 bridgehead atoms. The third kappa shape index (κ3) is 4.55. The molecule has 1 aromatic heterocycles. The molecule has 1 fully saturated rings. The molecule has 0 atom stereocenters. The first-order valence-electron chi connectivity index (χ1n) is 8.66. The lowest BCUT2D eigenvalue weighted by Crippen LogP contribution is -2.50. The Balaban J connectivity index is 1.51. The average Bonchev–Trinajstić information content (AvgIpc) is 3.10. The third-order valence-electron chi connectivity index (χ3n) is 4.69. The lowest BCUT2D eigenvalue weighted by Gasteiger charge is -2.34. The van der Waals surface area contributed by atoms with Crippen LogP contribution in [0.1, 0.15) is 26.4 Å². The highest BCUT2D eigenvalue weighted by Gasteiger charge is 2.23. The molecule has 0 spiro atoms. The van der Waals surface area contributed by atoms with Crippen molar-refractivity contribution < 1.29 is 9.59 Å². The van der Waals surface area contributed by atoms with Gasteiger partial charge in [0, 0.05) is 36.6 Å². The summed E-state index contributed by atoms with van der Waals surface area (Å²) in [5.41, 5.74) is 2.95. The minimum absolute atomic E-state index is 0.166. The Labute approximate surface area is 153 Å². The minimum atomic E-state index is 0.166. The van der Waals surface area contributed by atoms with Crippen LogP contribution in [0.5, 0.6) is 0 Å². The number of nitrogens with zero attached hydrogens (tertiary/aromatic N) is 2. The number of amides is 1. The zero-order chi connectivity index (χ0) is 17.8. The van der Waals surface area contributed by atoms with Gasteiger partial charge in [0.05, 0.1) is 13.0 Å². The highest BCUT2D eigenvalue weighted by molar-refractivity contribution is 7.10. The van der Waals surface area contributed by atoms with E-state index in [0.29, 0.717) is 26.1 Å². The van der Waals surface area contributed by atoms with Gasteiger partial charge in [0.1, 0.15) is 0 Å². The van der Waals surface area contributed by atoms with E-state index in [4.69, 9.17) is 0 Å². The molecule has 0 N–H and O–H groups in total. The quantitative estimate of drug-likeness (QED) is 0.774. The van der Waals surface area contributed by atoms with E-state index in [2.05, 4.69) is 4.90 Å². The molecule has 0 saturated carbocycles. The van der Waals surface area contributed by atoms with E-state index in [0.717, 1.165) is 34.7 Å². The van der Waals surface area contributed by atoms with E-state index in [-0.39, 0.29) is 11.7 Å². The largest absolute Gasteiger partial charge is 0.340 e. The first kappa shape index (κ1) is 17.8. The molecule has 5 heteroatoms. The van der Waals surface area contributed by atoms with Gasteiger partial charge in [-0.15, -0.1) is 11.3 Å². The maximum Gasteiger partial charge on any atom is 0.227 e. The molecule has 3 rings (SSSR count). The third-order valence-corrected chi connectivity index (χ3v) is 5.57. The topological polar surface area (TPSA) is 40.6 Å². The van der Waals surface area contributed by atoms with Crippen molar-refractivity contribution in [1.29, 1.82) is 0 Å². The smallest absolute Gasteiger partial charge is 0.227 e. The molecular weight excluding hydrogens is 332 g/mol. The van der Waals surface area contributed by atoms with Crippen molar-refractivity contribution in [2.45, 2.75) is 20.3 Å². The van der Waals surface area contributed by atoms with Gasteiger partial charge in [-0.2, -0.15) is 0 Å². The normalized spacial score (nSPS) is 15.4. The fraction of sp³-hybridized carbons (Fsp3) is 0.400. The summed E-state index contributed by atoms with van der Waals surface area (Å²) in [4.78, 5) is 30.1. The molecule has 0 aliphatic carbocycles. The molecule has 1 aliphatic rings. The van der Waals surface area contributed by atoms with Gasteiger partial charge in [-0.1, -0.05) is 23.8 Å². The van der Waals surface area contributed by atoms with Crippen molar-refractivity contribution in [3.05, 3.63) is 57.3 Å². The number of carbonyl (C=O) groups excluding carboxylic acids is 2. The van der Waals surface area contributed by atoms with Gasteiger partial charge in [0.25, 0.3) is 0 Å². The van der Waals surface area contributed by atoms with Crippen LogP contribution in [-0.4, -0.2) is 54.2 Å². The lowest BCUT2D eigenvalue weighted by atomic mass is 10.0. The standard InChI is InChI=1S/C20H24N2O2S/c1-15-5-6-16(2)18(12-15)19(23)14-21-7-9-22(10-8-21)20(24)13-17-4-3-11-25-17/h3-6,11-12H,7-10,13-14H2,1-2H3. The molecule has 2 heterocycles. The van der Waals surface area contributed by atoms with Crippen molar-refractivity contribution in [2.24, 2.45) is 0 Å². The molecule has 1 amide bonds. The van der Waals surface area contributed by atoms with Crippen molar-refractivity contribution in [1.82, 2.24) is 9.80 Å². The number of thiophene rings is 1. The van der Waals surface area contributed by atoms with Crippen LogP contribution < -0.4 is 0 Å². The number of Topliss-reactive ketones (excluding diaryl/α,β-unsaturated/α-hetero) is 1. The predicted molar refractivity (Wildman–Crippen MR) is 101 cm³/mol. The maximum absolute atomic E-state index is 12.6. The van der Waals surface area contributed by atoms with Gasteiger partial charge in [0.15, 0.2) is 5.78 Å². The van der Waals surface area contributed by atoms with E-state index in [1.54, 1.807) is 11.3 Å². The van der Waals surface area contributed by atoms with Crippen LogP contribution in [0.4, 0.5) is 0 Å². The monoisotopic (exact) mass is 356 g/mol. The van der Waals surface area contributed by atoms with Crippen LogP contribution >= 0.6 is 11.3 Å². The Hall–Kier alpha value is -1.98. The van der Waals surface area contributed by atoms with Gasteiger partial charge < -0.3 is 4.90 Å². The number of hydrogen-bond donors (Lipinski definition) is 0. The zero-order valence-electron chi connectivity index (χ0n) is 14.8. The molecule has 1 saturated heterocycles. The number of piperazine rings is 1. The molecule has 2 aromatic rings. The van der Waals surface area contributed by atoms with E-state index in [1.807, 2.05) is 54.5 Å². The SMILES string of the molecule is Cc1ccc(C)c(C(=O)CN2CCN(C(=O)Cc3cccs3)CC2)c1. The summed E-state index contributed by atoms with van der Waals surface area (Å²) in [5, 5.41) is 2.00. The molecule has 1 aromatic carbocycles. The summed E-state index contributed by atoms with van der Waals surface area (Å²) in [6.07, 6.45) is 0.485. The predicted octanol–water partition coefficient (Wildman–Crippen LogP) is 2.93. The van der Waals surface area contributed by atoms with Crippen molar-refractivity contribution in [2.75, 3.05) is 32.7 Å². The maximum atomic E-state index is 12.6. The van der Waals surface area contributed by atoms with Gasteiger partial charge >= 0.3 is 0 Å². The van der Waals surface area contributed by atoms with Crippen LogP contribution in [0, 0.1) is 13.8 Å². The highest BCUT2D eigenvalue weighted by atomic mass is 32.1. The Morgan fingerprint density at radius 3 is 2.52 bits per heavy atom. The van der Waals surface area contributed by atoms with Crippen LogP contribution in [0.2, 0.25) is 0 Å². The Kier molecular flexibility index (Phi) is 5.66. The number of ketones is 1. The second kappa shape index (κ2) is 7.93. The molecule has 0 radical (unpaired) electrons. The molecule has 4 nitrogen and oxygen atoms in total. The lowest BCUT2D eigenvalue weighted by molar-refractivity contribution is -0.132. The average molecular weight is 356 g/mol. The van der Waals surface area contributed by atoms with Crippen LogP contribution in [0.3, 0.4) is 0 Å². The van der Waals surface area contributed by atoms with E-state index in [9.17, 15) is 9.59 Å². The van der Waals surface area contributed by atoms with Gasteiger partial charge in [-0.05, 0) is 36.9 Å². The number of benzene rings is 1. The summed E-state index contributed by atoms with van der Waals surface area (Å²) in [6.45, 7) is 7.33. The molecule has 25 heavy (non-hydrogen) atoms. The van der Waals surface area contributed by atoms with Crippen molar-refractivity contribution >= 4 is 23.0 Å². The van der Waals surface area contributed by atoms with E-state index in [1.165, 1.54) is 0 Å². The van der Waals surface area contributed by atoms with Gasteiger partial charge in [0.2, 0.25) is 5.91 Å². The van der Waals surface area contributed by atoms with Gasteiger partial charge in [-0.3, -0.25) is 14.5 Å². The zero-order valence-corrected chi connectivity index (χ0v) is 15.6. The fourth-order valence-electron chi connectivity index (χ4n) is 3.15. The second-order valence-corrected chi connectivity index (χ2v) is 7.69. The fourth-order valence-corrected chi connectivity index (χ4v) is 3.85. The molecule has 132 valence electrons. The second-order valence-electron chi connectivity index (χ2n) is 6.65. The van der Waals surface area contributed by atoms with Crippen LogP contribution in [0.15, 0.2) is 35.7 Å². The number of rotatable bonds is 5. The van der Waals surface area contributed by atoms with Gasteiger partial charge in [-0.25, -0.2) is 0 Å². The van der Waals surface area contributed by atoms with Crippen molar-refractivity contribution in [3.8, 4) is 0 Å². The van der Waals surface area contributed by atoms with Crippen LogP contribution in [0.25, 0.3) is 0 Å². The minimum Gasteiger partial charge on any atom is -0.340 e. The Bertz CT molecular complexity index is 747. The van der Waals surface area contributed by atoms with E-state index >= 15 is 0 Å². The van der Waals surface area contributed by atoms with Crippen molar-refractivity contribution in [3.63, 3.8) is 0 Å². The first-order valence-corrected chi connectivity index (χ1v) is 9.54.